The molecule has 8 heteroatoms. The topological polar surface area (TPSA) is 88.3 Å². The second-order valence-corrected chi connectivity index (χ2v) is 7.21. The molecule has 0 spiro atoms. The van der Waals surface area contributed by atoms with E-state index in [4.69, 9.17) is 4.63 Å². The molecule has 0 atom stereocenters. The van der Waals surface area contributed by atoms with Crippen LogP contribution in [-0.4, -0.2) is 45.2 Å². The smallest absolute Gasteiger partial charge is 0.255 e. The summed E-state index contributed by atoms with van der Waals surface area (Å²) in [7, 11) is 3.66. The standard InChI is InChI=1S/C22H22N6O2/c1-15-20(26-30-25-15)14-27(2)21-11-9-17(12-23-21)22(29)28(3)13-18-10-8-16-6-4-5-7-19(16)24-18/h4-12H,13-14H2,1-3H3. The lowest BCUT2D eigenvalue weighted by Gasteiger charge is -2.19. The van der Waals surface area contributed by atoms with Gasteiger partial charge >= 0.3 is 0 Å². The van der Waals surface area contributed by atoms with Gasteiger partial charge in [0.05, 0.1) is 29.9 Å². The normalized spacial score (nSPS) is 10.9. The summed E-state index contributed by atoms with van der Waals surface area (Å²) in [6.07, 6.45) is 1.59. The monoisotopic (exact) mass is 402 g/mol. The minimum atomic E-state index is -0.108. The van der Waals surface area contributed by atoms with E-state index in [-0.39, 0.29) is 5.91 Å². The Balaban J connectivity index is 1.42. The van der Waals surface area contributed by atoms with Crippen molar-refractivity contribution in [1.82, 2.24) is 25.2 Å². The van der Waals surface area contributed by atoms with E-state index in [2.05, 4.69) is 20.3 Å². The van der Waals surface area contributed by atoms with Crippen LogP contribution < -0.4 is 4.90 Å². The number of aromatic nitrogens is 4. The first-order valence-electron chi connectivity index (χ1n) is 9.56. The van der Waals surface area contributed by atoms with Crippen molar-refractivity contribution < 1.29 is 9.42 Å². The molecule has 0 aliphatic rings. The molecule has 3 aromatic heterocycles. The number of hydrogen-bond acceptors (Lipinski definition) is 7. The summed E-state index contributed by atoms with van der Waals surface area (Å²) >= 11 is 0. The Kier molecular flexibility index (Phi) is 5.38. The first-order chi connectivity index (χ1) is 14.5. The van der Waals surface area contributed by atoms with Gasteiger partial charge in [-0.3, -0.25) is 9.78 Å². The van der Waals surface area contributed by atoms with Gasteiger partial charge in [0, 0.05) is 25.7 Å². The number of nitrogens with zero attached hydrogens (tertiary/aromatic N) is 6. The average Bonchev–Trinajstić information content (AvgIpc) is 3.17. The molecule has 8 nitrogen and oxygen atoms in total. The van der Waals surface area contributed by atoms with Crippen molar-refractivity contribution in [2.75, 3.05) is 19.0 Å². The summed E-state index contributed by atoms with van der Waals surface area (Å²) in [5.41, 5.74) is 3.78. The third-order valence-electron chi connectivity index (χ3n) is 4.92. The van der Waals surface area contributed by atoms with Gasteiger partial charge < -0.3 is 9.80 Å². The quantitative estimate of drug-likeness (QED) is 0.489. The molecule has 3 heterocycles. The minimum Gasteiger partial charge on any atom is -0.354 e. The van der Waals surface area contributed by atoms with Crippen LogP contribution in [-0.2, 0) is 13.1 Å². The fourth-order valence-corrected chi connectivity index (χ4v) is 3.17. The van der Waals surface area contributed by atoms with Crippen molar-refractivity contribution in [2.24, 2.45) is 0 Å². The van der Waals surface area contributed by atoms with Crippen molar-refractivity contribution in [2.45, 2.75) is 20.0 Å². The van der Waals surface area contributed by atoms with Crippen molar-refractivity contribution >= 4 is 22.6 Å². The Morgan fingerprint density at radius 1 is 1.00 bits per heavy atom. The number of aryl methyl sites for hydroxylation is 1. The molecule has 0 aliphatic heterocycles. The van der Waals surface area contributed by atoms with E-state index in [1.54, 1.807) is 24.2 Å². The molecule has 4 aromatic rings. The van der Waals surface area contributed by atoms with Gasteiger partial charge in [-0.25, -0.2) is 9.61 Å². The Morgan fingerprint density at radius 3 is 2.57 bits per heavy atom. The number of carbonyl (C=O) groups excluding carboxylic acids is 1. The van der Waals surface area contributed by atoms with E-state index in [1.807, 2.05) is 61.3 Å². The number of amides is 1. The van der Waals surface area contributed by atoms with E-state index in [1.165, 1.54) is 0 Å². The molecule has 152 valence electrons. The summed E-state index contributed by atoms with van der Waals surface area (Å²) in [5.74, 6) is 0.621. The predicted octanol–water partition coefficient (Wildman–Crippen LogP) is 3.23. The fourth-order valence-electron chi connectivity index (χ4n) is 3.17. The molecule has 0 aliphatic carbocycles. The summed E-state index contributed by atoms with van der Waals surface area (Å²) in [4.78, 5) is 25.4. The molecule has 0 fully saturated rings. The lowest BCUT2D eigenvalue weighted by molar-refractivity contribution is 0.0783. The number of rotatable bonds is 6. The highest BCUT2D eigenvalue weighted by atomic mass is 16.6. The number of para-hydroxylation sites is 1. The maximum Gasteiger partial charge on any atom is 0.255 e. The second-order valence-electron chi connectivity index (χ2n) is 7.21. The summed E-state index contributed by atoms with van der Waals surface area (Å²) < 4.78 is 4.73. The number of carbonyl (C=O) groups is 1. The summed E-state index contributed by atoms with van der Waals surface area (Å²) in [5, 5.41) is 8.75. The Labute approximate surface area is 174 Å². The summed E-state index contributed by atoms with van der Waals surface area (Å²) in [6, 6.07) is 15.5. The zero-order chi connectivity index (χ0) is 21.1. The van der Waals surface area contributed by atoms with E-state index in [0.29, 0.717) is 18.7 Å². The molecule has 0 saturated carbocycles. The van der Waals surface area contributed by atoms with Crippen LogP contribution in [0.1, 0.15) is 27.4 Å². The van der Waals surface area contributed by atoms with Crippen molar-refractivity contribution in [3.05, 3.63) is 77.4 Å². The Hall–Kier alpha value is -3.81. The van der Waals surface area contributed by atoms with Crippen LogP contribution in [0.2, 0.25) is 0 Å². The van der Waals surface area contributed by atoms with Crippen LogP contribution in [0.3, 0.4) is 0 Å². The predicted molar refractivity (Wildman–Crippen MR) is 113 cm³/mol. The maximum absolute atomic E-state index is 12.8. The van der Waals surface area contributed by atoms with E-state index in [9.17, 15) is 4.79 Å². The first kappa shape index (κ1) is 19.5. The van der Waals surface area contributed by atoms with Gasteiger partial charge in [0.25, 0.3) is 5.91 Å². The van der Waals surface area contributed by atoms with Crippen LogP contribution in [0.15, 0.2) is 59.4 Å². The fraction of sp³-hybridized carbons (Fsp3) is 0.227. The van der Waals surface area contributed by atoms with Gasteiger partial charge in [-0.05, 0) is 31.2 Å². The van der Waals surface area contributed by atoms with Gasteiger partial charge in [0.2, 0.25) is 0 Å². The van der Waals surface area contributed by atoms with Crippen LogP contribution in [0, 0.1) is 6.92 Å². The SMILES string of the molecule is Cc1nonc1CN(C)c1ccc(C(=O)N(C)Cc2ccc3ccccc3n2)cn1. The zero-order valence-electron chi connectivity index (χ0n) is 17.1. The first-order valence-corrected chi connectivity index (χ1v) is 9.56. The van der Waals surface area contributed by atoms with Gasteiger partial charge in [-0.1, -0.05) is 34.6 Å². The van der Waals surface area contributed by atoms with Crippen molar-refractivity contribution in [3.8, 4) is 0 Å². The Morgan fingerprint density at radius 2 is 1.83 bits per heavy atom. The van der Waals surface area contributed by atoms with Crippen LogP contribution in [0.25, 0.3) is 10.9 Å². The molecule has 0 radical (unpaired) electrons. The van der Waals surface area contributed by atoms with Crippen LogP contribution in [0.4, 0.5) is 5.82 Å². The molecule has 4 rings (SSSR count). The van der Waals surface area contributed by atoms with Gasteiger partial charge in [0.15, 0.2) is 0 Å². The third kappa shape index (κ3) is 4.12. The molecular formula is C22H22N6O2. The molecule has 0 saturated heterocycles. The Bertz CT molecular complexity index is 1170. The lowest BCUT2D eigenvalue weighted by Crippen LogP contribution is -2.27. The summed E-state index contributed by atoms with van der Waals surface area (Å²) in [6.45, 7) is 2.78. The molecule has 0 N–H and O–H groups in total. The average molecular weight is 402 g/mol. The zero-order valence-corrected chi connectivity index (χ0v) is 17.1. The molecule has 30 heavy (non-hydrogen) atoms. The lowest BCUT2D eigenvalue weighted by atomic mass is 10.2. The minimum absolute atomic E-state index is 0.108. The molecule has 0 bridgehead atoms. The number of benzene rings is 1. The molecule has 1 aromatic carbocycles. The highest BCUT2D eigenvalue weighted by Crippen LogP contribution is 2.16. The number of anilines is 1. The van der Waals surface area contributed by atoms with Gasteiger partial charge in [-0.2, -0.15) is 0 Å². The van der Waals surface area contributed by atoms with Crippen molar-refractivity contribution in [1.29, 1.82) is 0 Å². The van der Waals surface area contributed by atoms with Gasteiger partial charge in [0.1, 0.15) is 17.2 Å². The maximum atomic E-state index is 12.8. The molecular weight excluding hydrogens is 380 g/mol. The van der Waals surface area contributed by atoms with Crippen molar-refractivity contribution in [3.63, 3.8) is 0 Å². The van der Waals surface area contributed by atoms with Crippen LogP contribution in [0.5, 0.6) is 0 Å². The highest BCUT2D eigenvalue weighted by molar-refractivity contribution is 5.94. The second kappa shape index (κ2) is 8.28. The van der Waals surface area contributed by atoms with E-state index >= 15 is 0 Å². The van der Waals surface area contributed by atoms with E-state index < -0.39 is 0 Å². The number of fused-ring (bicyclic) bond motifs is 1. The highest BCUT2D eigenvalue weighted by Gasteiger charge is 2.15. The number of pyridine rings is 2. The van der Waals surface area contributed by atoms with Crippen LogP contribution >= 0.6 is 0 Å². The molecule has 0 unspecified atom stereocenters. The van der Waals surface area contributed by atoms with Gasteiger partial charge in [-0.15, -0.1) is 0 Å². The largest absolute Gasteiger partial charge is 0.354 e. The number of hydrogen-bond donors (Lipinski definition) is 0. The third-order valence-corrected chi connectivity index (χ3v) is 4.92. The van der Waals surface area contributed by atoms with E-state index in [0.717, 1.165) is 33.8 Å². The molecule has 1 amide bonds.